The van der Waals surface area contributed by atoms with Crippen molar-refractivity contribution in [1.29, 1.82) is 0 Å². The number of nitrogens with two attached hydrogens (primary N) is 1. The molecular formula is C12H19N2+. The quantitative estimate of drug-likeness (QED) is 0.574. The van der Waals surface area contributed by atoms with Crippen LogP contribution in [0.5, 0.6) is 0 Å². The molecule has 76 valence electrons. The van der Waals surface area contributed by atoms with Gasteiger partial charge in [0.2, 0.25) is 0 Å². The van der Waals surface area contributed by atoms with Crippen LogP contribution in [0.3, 0.4) is 0 Å². The molecule has 2 aliphatic carbocycles. The lowest BCUT2D eigenvalue weighted by Crippen LogP contribution is -2.83. The van der Waals surface area contributed by atoms with Gasteiger partial charge in [0, 0.05) is 24.1 Å². The standard InChI is InChI=1S/C12H18N2/c13-12-8-4-1-2-6-10(8)14-11-7-3-5-9(11)12/h8,10H,1-7,13H2/p+1/t8-,10-/m0/s1. The van der Waals surface area contributed by atoms with Crippen LogP contribution in [0.4, 0.5) is 0 Å². The zero-order chi connectivity index (χ0) is 9.54. The van der Waals surface area contributed by atoms with Crippen molar-refractivity contribution in [3.05, 3.63) is 11.3 Å². The monoisotopic (exact) mass is 191 g/mol. The number of fused-ring (bicyclic) bond motifs is 2. The third-order valence-electron chi connectivity index (χ3n) is 4.09. The molecule has 0 bridgehead atoms. The van der Waals surface area contributed by atoms with E-state index in [1.54, 1.807) is 0 Å². The molecule has 3 rings (SSSR count). The molecule has 0 unspecified atom stereocenters. The van der Waals surface area contributed by atoms with Gasteiger partial charge in [0.1, 0.15) is 0 Å². The highest BCUT2D eigenvalue weighted by atomic mass is 14.9. The van der Waals surface area contributed by atoms with E-state index in [4.69, 9.17) is 5.73 Å². The minimum Gasteiger partial charge on any atom is -0.401 e. The molecule has 2 atom stereocenters. The van der Waals surface area contributed by atoms with Gasteiger partial charge in [0.15, 0.2) is 11.8 Å². The predicted octanol–water partition coefficient (Wildman–Crippen LogP) is 0.477. The van der Waals surface area contributed by atoms with Crippen molar-refractivity contribution in [2.24, 2.45) is 11.7 Å². The lowest BCUT2D eigenvalue weighted by atomic mass is 9.79. The summed E-state index contributed by atoms with van der Waals surface area (Å²) in [4.78, 5) is 3.73. The number of hydrogen-bond acceptors (Lipinski definition) is 1. The summed E-state index contributed by atoms with van der Waals surface area (Å²) in [5, 5.41) is 0. The number of allylic oxidation sites excluding steroid dienone is 1. The van der Waals surface area contributed by atoms with Crippen LogP contribution in [0.25, 0.3) is 0 Å². The summed E-state index contributed by atoms with van der Waals surface area (Å²) in [6, 6.07) is 0.667. The van der Waals surface area contributed by atoms with Crippen molar-refractivity contribution in [3.63, 3.8) is 0 Å². The van der Waals surface area contributed by atoms with Crippen molar-refractivity contribution in [3.8, 4) is 0 Å². The van der Waals surface area contributed by atoms with Crippen molar-refractivity contribution >= 4 is 5.71 Å². The largest absolute Gasteiger partial charge is 0.401 e. The Labute approximate surface area is 85.3 Å². The molecule has 0 amide bonds. The molecular weight excluding hydrogens is 172 g/mol. The molecule has 0 aromatic rings. The Balaban J connectivity index is 1.98. The minimum atomic E-state index is 0.653. The Morgan fingerprint density at radius 1 is 1.07 bits per heavy atom. The summed E-state index contributed by atoms with van der Waals surface area (Å²) in [7, 11) is 0. The highest BCUT2D eigenvalue weighted by Gasteiger charge is 2.39. The smallest absolute Gasteiger partial charge is 0.179 e. The highest BCUT2D eigenvalue weighted by molar-refractivity contribution is 5.98. The lowest BCUT2D eigenvalue weighted by molar-refractivity contribution is -0.518. The molecule has 1 aliphatic heterocycles. The Hall–Kier alpha value is -0.790. The second-order valence-electron chi connectivity index (χ2n) is 4.91. The Morgan fingerprint density at radius 2 is 1.93 bits per heavy atom. The summed E-state index contributed by atoms with van der Waals surface area (Å²) in [6.07, 6.45) is 9.13. The summed E-state index contributed by atoms with van der Waals surface area (Å²) < 4.78 is 0. The maximum absolute atomic E-state index is 6.29. The van der Waals surface area contributed by atoms with Gasteiger partial charge in [0.05, 0.1) is 5.92 Å². The van der Waals surface area contributed by atoms with Gasteiger partial charge in [-0.2, -0.15) is 0 Å². The van der Waals surface area contributed by atoms with Crippen LogP contribution in [-0.2, 0) is 0 Å². The Bertz CT molecular complexity index is 314. The summed E-state index contributed by atoms with van der Waals surface area (Å²) in [6.45, 7) is 0. The summed E-state index contributed by atoms with van der Waals surface area (Å²) in [5.74, 6) is 0.653. The fraction of sp³-hybridized carbons (Fsp3) is 0.750. The third kappa shape index (κ3) is 1.13. The molecule has 0 radical (unpaired) electrons. The van der Waals surface area contributed by atoms with Gasteiger partial charge in [-0.25, -0.2) is 4.99 Å². The molecule has 14 heavy (non-hydrogen) atoms. The average Bonchev–Trinajstić information content (AvgIpc) is 2.66. The molecule has 3 N–H and O–H groups in total. The normalized spacial score (nSPS) is 36.4. The molecule has 2 nitrogen and oxygen atoms in total. The zero-order valence-electron chi connectivity index (χ0n) is 8.68. The van der Waals surface area contributed by atoms with Crippen LogP contribution in [0.2, 0.25) is 0 Å². The zero-order valence-corrected chi connectivity index (χ0v) is 8.68. The van der Waals surface area contributed by atoms with E-state index in [0.29, 0.717) is 12.0 Å². The van der Waals surface area contributed by atoms with E-state index in [1.807, 2.05) is 0 Å². The first-order chi connectivity index (χ1) is 6.86. The fourth-order valence-electron chi connectivity index (χ4n) is 3.35. The van der Waals surface area contributed by atoms with E-state index < -0.39 is 0 Å². The Morgan fingerprint density at radius 3 is 2.86 bits per heavy atom. The molecule has 3 aliphatic rings. The van der Waals surface area contributed by atoms with Crippen molar-refractivity contribution in [1.82, 2.24) is 0 Å². The van der Waals surface area contributed by atoms with Gasteiger partial charge in [-0.1, -0.05) is 6.42 Å². The molecule has 1 heterocycles. The predicted molar refractivity (Wildman–Crippen MR) is 56.8 cm³/mol. The van der Waals surface area contributed by atoms with Crippen LogP contribution in [0.1, 0.15) is 44.9 Å². The topological polar surface area (TPSA) is 40.0 Å². The van der Waals surface area contributed by atoms with Crippen LogP contribution >= 0.6 is 0 Å². The van der Waals surface area contributed by atoms with Crippen LogP contribution < -0.4 is 10.7 Å². The van der Waals surface area contributed by atoms with E-state index in [1.165, 1.54) is 61.9 Å². The van der Waals surface area contributed by atoms with Gasteiger partial charge in [-0.3, -0.25) is 0 Å². The van der Waals surface area contributed by atoms with E-state index >= 15 is 0 Å². The molecule has 0 aromatic heterocycles. The van der Waals surface area contributed by atoms with E-state index in [0.717, 1.165) is 0 Å². The van der Waals surface area contributed by atoms with E-state index in [-0.39, 0.29) is 0 Å². The summed E-state index contributed by atoms with van der Waals surface area (Å²) >= 11 is 0. The first kappa shape index (κ1) is 8.51. The highest BCUT2D eigenvalue weighted by Crippen LogP contribution is 2.33. The van der Waals surface area contributed by atoms with Gasteiger partial charge in [-0.15, -0.1) is 0 Å². The van der Waals surface area contributed by atoms with Crippen molar-refractivity contribution in [2.75, 3.05) is 0 Å². The first-order valence-corrected chi connectivity index (χ1v) is 5.97. The van der Waals surface area contributed by atoms with E-state index in [2.05, 4.69) is 4.99 Å². The van der Waals surface area contributed by atoms with Crippen LogP contribution in [0, 0.1) is 5.92 Å². The number of hydrogen-bond donors (Lipinski definition) is 2. The average molecular weight is 191 g/mol. The van der Waals surface area contributed by atoms with Gasteiger partial charge >= 0.3 is 0 Å². The van der Waals surface area contributed by atoms with Crippen molar-refractivity contribution < 1.29 is 4.99 Å². The molecule has 0 spiro atoms. The number of nitrogens with one attached hydrogen (secondary N) is 1. The van der Waals surface area contributed by atoms with Gasteiger partial charge in [-0.05, 0) is 25.7 Å². The first-order valence-electron chi connectivity index (χ1n) is 5.97. The molecule has 2 heteroatoms. The molecule has 0 saturated heterocycles. The Kier molecular flexibility index (Phi) is 1.89. The minimum absolute atomic E-state index is 0.653. The SMILES string of the molecule is NC1=C2CCCC2=[NH+][C@H]2CCCC[C@H]12. The van der Waals surface area contributed by atoms with Crippen LogP contribution in [-0.4, -0.2) is 11.8 Å². The molecule has 2 fully saturated rings. The second kappa shape index (κ2) is 3.11. The maximum Gasteiger partial charge on any atom is 0.179 e. The van der Waals surface area contributed by atoms with Crippen LogP contribution in [0.15, 0.2) is 11.3 Å². The van der Waals surface area contributed by atoms with Crippen molar-refractivity contribution in [2.45, 2.75) is 51.0 Å². The third-order valence-corrected chi connectivity index (χ3v) is 4.09. The maximum atomic E-state index is 6.29. The second-order valence-corrected chi connectivity index (χ2v) is 4.91. The lowest BCUT2D eigenvalue weighted by Gasteiger charge is -2.29. The fourth-order valence-corrected chi connectivity index (χ4v) is 3.35. The van der Waals surface area contributed by atoms with Gasteiger partial charge in [0.25, 0.3) is 0 Å². The molecule has 2 saturated carbocycles. The molecule has 0 aromatic carbocycles. The number of rotatable bonds is 0. The summed E-state index contributed by atoms with van der Waals surface area (Å²) in [5.41, 5.74) is 10.5. The van der Waals surface area contributed by atoms with Gasteiger partial charge < -0.3 is 5.73 Å². The van der Waals surface area contributed by atoms with E-state index in [9.17, 15) is 0 Å².